The number of benzene rings is 1. The van der Waals surface area contributed by atoms with E-state index in [0.29, 0.717) is 19.0 Å². The molecule has 1 aliphatic heterocycles. The number of fused-ring (bicyclic) bond motifs is 1. The third kappa shape index (κ3) is 3.68. The smallest absolute Gasteiger partial charge is 0.297 e. The maximum Gasteiger partial charge on any atom is 0.297 e. The van der Waals surface area contributed by atoms with Crippen LogP contribution in [-0.2, 0) is 14.3 Å². The lowest BCUT2D eigenvalue weighted by atomic mass is 10.00. The van der Waals surface area contributed by atoms with Crippen LogP contribution < -0.4 is 0 Å². The predicted octanol–water partition coefficient (Wildman–Crippen LogP) is 3.62. The lowest BCUT2D eigenvalue weighted by Gasteiger charge is -2.20. The first-order chi connectivity index (χ1) is 12.8. The van der Waals surface area contributed by atoms with Crippen molar-refractivity contribution in [2.24, 2.45) is 11.8 Å². The number of hydrogen-bond acceptors (Lipinski definition) is 5. The summed E-state index contributed by atoms with van der Waals surface area (Å²) in [5.41, 5.74) is 1.00. The van der Waals surface area contributed by atoms with E-state index in [0.717, 1.165) is 28.2 Å². The second-order valence-electron chi connectivity index (χ2n) is 7.52. The molecule has 2 aliphatic rings. The molecule has 5 nitrogen and oxygen atoms in total. The molecule has 1 saturated carbocycles. The van der Waals surface area contributed by atoms with Crippen molar-refractivity contribution in [3.63, 3.8) is 0 Å². The van der Waals surface area contributed by atoms with E-state index in [9.17, 15) is 13.2 Å². The van der Waals surface area contributed by atoms with Crippen LogP contribution in [0.5, 0.6) is 0 Å². The molecule has 1 aliphatic carbocycles. The molecule has 3 atom stereocenters. The van der Waals surface area contributed by atoms with E-state index in [1.807, 2.05) is 30.9 Å². The molecule has 1 aromatic carbocycles. The molecule has 2 fully saturated rings. The second kappa shape index (κ2) is 7.04. The highest BCUT2D eigenvalue weighted by Gasteiger charge is 2.46. The number of carbonyl (C=O) groups is 1. The summed E-state index contributed by atoms with van der Waals surface area (Å²) in [7, 11) is -3.79. The Kier molecular flexibility index (Phi) is 4.86. The summed E-state index contributed by atoms with van der Waals surface area (Å²) in [6.45, 7) is 5.15. The molecule has 4 rings (SSSR count). The van der Waals surface area contributed by atoms with Crippen LogP contribution in [0.3, 0.4) is 0 Å². The SMILES string of the molecule is Cc1ccc(S(=O)(=O)OC2CC[C@H]3CN(C(=O)c4ccc(C)s4)CC23)cc1. The van der Waals surface area contributed by atoms with Crippen molar-refractivity contribution in [2.45, 2.75) is 37.7 Å². The normalized spacial score (nSPS) is 25.0. The summed E-state index contributed by atoms with van der Waals surface area (Å²) in [5.74, 6) is 0.436. The summed E-state index contributed by atoms with van der Waals surface area (Å²) in [6.07, 6.45) is 1.26. The van der Waals surface area contributed by atoms with Crippen molar-refractivity contribution in [3.8, 4) is 0 Å². The van der Waals surface area contributed by atoms with Crippen molar-refractivity contribution >= 4 is 27.4 Å². The number of hydrogen-bond donors (Lipinski definition) is 0. The Labute approximate surface area is 164 Å². The molecule has 0 bridgehead atoms. The second-order valence-corrected chi connectivity index (χ2v) is 10.4. The van der Waals surface area contributed by atoms with Gasteiger partial charge >= 0.3 is 0 Å². The van der Waals surface area contributed by atoms with Gasteiger partial charge in [-0.25, -0.2) is 0 Å². The van der Waals surface area contributed by atoms with Crippen molar-refractivity contribution in [1.82, 2.24) is 4.90 Å². The molecule has 0 radical (unpaired) electrons. The fourth-order valence-corrected chi connectivity index (χ4v) is 6.11. The molecular weight excluding hydrogens is 382 g/mol. The average molecular weight is 406 g/mol. The van der Waals surface area contributed by atoms with Crippen LogP contribution in [-0.4, -0.2) is 38.4 Å². The van der Waals surface area contributed by atoms with Gasteiger partial charge in [0.2, 0.25) is 0 Å². The fourth-order valence-electron chi connectivity index (χ4n) is 4.13. The van der Waals surface area contributed by atoms with E-state index in [4.69, 9.17) is 4.18 Å². The lowest BCUT2D eigenvalue weighted by molar-refractivity contribution is 0.0769. The van der Waals surface area contributed by atoms with Crippen LogP contribution in [0, 0.1) is 25.7 Å². The minimum absolute atomic E-state index is 0.0441. The van der Waals surface area contributed by atoms with Gasteiger partial charge in [-0.05, 0) is 56.9 Å². The van der Waals surface area contributed by atoms with E-state index in [1.54, 1.807) is 24.3 Å². The van der Waals surface area contributed by atoms with Gasteiger partial charge in [-0.1, -0.05) is 17.7 Å². The van der Waals surface area contributed by atoms with Crippen molar-refractivity contribution in [2.75, 3.05) is 13.1 Å². The third-order valence-corrected chi connectivity index (χ3v) is 7.93. The maximum atomic E-state index is 12.7. The van der Waals surface area contributed by atoms with E-state index < -0.39 is 10.1 Å². The van der Waals surface area contributed by atoms with Gasteiger partial charge in [0.1, 0.15) is 0 Å². The summed E-state index contributed by atoms with van der Waals surface area (Å²) >= 11 is 1.50. The van der Waals surface area contributed by atoms with E-state index in [2.05, 4.69) is 0 Å². The van der Waals surface area contributed by atoms with Crippen molar-refractivity contribution in [3.05, 3.63) is 51.7 Å². The van der Waals surface area contributed by atoms with Gasteiger partial charge in [0.05, 0.1) is 15.9 Å². The van der Waals surface area contributed by atoms with Crippen LogP contribution in [0.4, 0.5) is 0 Å². The van der Waals surface area contributed by atoms with Gasteiger partial charge in [-0.15, -0.1) is 11.3 Å². The molecule has 2 heterocycles. The van der Waals surface area contributed by atoms with Crippen LogP contribution in [0.1, 0.15) is 33.0 Å². The van der Waals surface area contributed by atoms with Crippen molar-refractivity contribution in [1.29, 1.82) is 0 Å². The van der Waals surface area contributed by atoms with E-state index in [1.165, 1.54) is 11.3 Å². The molecule has 7 heteroatoms. The summed E-state index contributed by atoms with van der Waals surface area (Å²) < 4.78 is 30.9. The van der Waals surface area contributed by atoms with Gasteiger partial charge in [0, 0.05) is 23.9 Å². The fraction of sp³-hybridized carbons (Fsp3) is 0.450. The third-order valence-electron chi connectivity index (χ3n) is 5.59. The van der Waals surface area contributed by atoms with Gasteiger partial charge in [-0.2, -0.15) is 8.42 Å². The van der Waals surface area contributed by atoms with Gasteiger partial charge < -0.3 is 4.90 Å². The molecule has 144 valence electrons. The Balaban J connectivity index is 1.46. The first-order valence-corrected chi connectivity index (χ1v) is 11.4. The highest BCUT2D eigenvalue weighted by molar-refractivity contribution is 7.86. The van der Waals surface area contributed by atoms with Crippen LogP contribution in [0.25, 0.3) is 0 Å². The highest BCUT2D eigenvalue weighted by Crippen LogP contribution is 2.41. The number of thiophene rings is 1. The number of aryl methyl sites for hydroxylation is 2. The molecular formula is C20H23NO4S2. The zero-order valence-corrected chi connectivity index (χ0v) is 17.1. The summed E-state index contributed by atoms with van der Waals surface area (Å²) in [4.78, 5) is 16.6. The monoisotopic (exact) mass is 405 g/mol. The van der Waals surface area contributed by atoms with Gasteiger partial charge in [-0.3, -0.25) is 8.98 Å². The molecule has 1 saturated heterocycles. The van der Waals surface area contributed by atoms with E-state index >= 15 is 0 Å². The molecule has 27 heavy (non-hydrogen) atoms. The Bertz CT molecular complexity index is 949. The zero-order valence-electron chi connectivity index (χ0n) is 15.4. The standard InChI is InChI=1S/C20H23NO4S2/c1-13-3-7-16(8-4-13)27(23,24)25-18-9-6-15-11-21(12-17(15)18)20(22)19-10-5-14(2)26-19/h3-5,7-8,10,15,17-18H,6,9,11-12H2,1-2H3/t15-,17?,18?/m0/s1. The topological polar surface area (TPSA) is 63.7 Å². The summed E-state index contributed by atoms with van der Waals surface area (Å²) in [5, 5.41) is 0. The van der Waals surface area contributed by atoms with Crippen LogP contribution in [0.2, 0.25) is 0 Å². The molecule has 0 N–H and O–H groups in total. The predicted molar refractivity (Wildman–Crippen MR) is 104 cm³/mol. The van der Waals surface area contributed by atoms with Crippen molar-refractivity contribution < 1.29 is 17.4 Å². The number of likely N-dealkylation sites (tertiary alicyclic amines) is 1. The average Bonchev–Trinajstić information content (AvgIpc) is 3.32. The Hall–Kier alpha value is -1.70. The van der Waals surface area contributed by atoms with E-state index in [-0.39, 0.29) is 22.8 Å². The zero-order chi connectivity index (χ0) is 19.2. The van der Waals surface area contributed by atoms with Gasteiger partial charge in [0.15, 0.2) is 0 Å². The van der Waals surface area contributed by atoms with Crippen LogP contribution >= 0.6 is 11.3 Å². The largest absolute Gasteiger partial charge is 0.337 e. The minimum atomic E-state index is -3.79. The molecule has 2 unspecified atom stereocenters. The first-order valence-electron chi connectivity index (χ1n) is 9.19. The lowest BCUT2D eigenvalue weighted by Crippen LogP contribution is -2.32. The Morgan fingerprint density at radius 2 is 1.81 bits per heavy atom. The molecule has 1 aromatic heterocycles. The quantitative estimate of drug-likeness (QED) is 0.729. The molecule has 1 amide bonds. The number of carbonyl (C=O) groups excluding carboxylic acids is 1. The first kappa shape index (κ1) is 18.7. The van der Waals surface area contributed by atoms with Gasteiger partial charge in [0.25, 0.3) is 16.0 Å². The highest BCUT2D eigenvalue weighted by atomic mass is 32.2. The Morgan fingerprint density at radius 3 is 2.48 bits per heavy atom. The molecule has 0 spiro atoms. The number of nitrogens with zero attached hydrogens (tertiary/aromatic N) is 1. The maximum absolute atomic E-state index is 12.7. The minimum Gasteiger partial charge on any atom is -0.337 e. The number of amides is 1. The Morgan fingerprint density at radius 1 is 1.07 bits per heavy atom. The molecule has 2 aromatic rings. The van der Waals surface area contributed by atoms with Crippen LogP contribution in [0.15, 0.2) is 41.3 Å². The number of rotatable bonds is 4. The summed E-state index contributed by atoms with van der Waals surface area (Å²) in [6, 6.07) is 10.5.